The van der Waals surface area contributed by atoms with Gasteiger partial charge in [0.05, 0.1) is 12.5 Å². The van der Waals surface area contributed by atoms with Crippen LogP contribution in [0.5, 0.6) is 0 Å². The van der Waals surface area contributed by atoms with Gasteiger partial charge in [0, 0.05) is 6.54 Å². The summed E-state index contributed by atoms with van der Waals surface area (Å²) in [7, 11) is 0. The first kappa shape index (κ1) is 12.8. The molecule has 2 aromatic heterocycles. The molecule has 0 bridgehead atoms. The summed E-state index contributed by atoms with van der Waals surface area (Å²) >= 11 is 0. The SMILES string of the molecule is Cc1ccc(CNC(=O)[C@@H]2CCCCn3nnnc32)o1. The molecule has 0 fully saturated rings. The number of tetrazole rings is 1. The largest absolute Gasteiger partial charge is 0.465 e. The van der Waals surface area contributed by atoms with E-state index in [2.05, 4.69) is 20.8 Å². The Balaban J connectivity index is 1.68. The monoisotopic (exact) mass is 275 g/mol. The molecule has 0 spiro atoms. The van der Waals surface area contributed by atoms with Crippen molar-refractivity contribution in [2.45, 2.75) is 45.2 Å². The molecule has 1 aliphatic rings. The van der Waals surface area contributed by atoms with Gasteiger partial charge in [0.25, 0.3) is 0 Å². The topological polar surface area (TPSA) is 85.8 Å². The number of fused-ring (bicyclic) bond motifs is 1. The van der Waals surface area contributed by atoms with E-state index in [1.807, 2.05) is 19.1 Å². The van der Waals surface area contributed by atoms with E-state index in [0.29, 0.717) is 12.4 Å². The molecule has 0 saturated carbocycles. The number of nitrogens with zero attached hydrogens (tertiary/aromatic N) is 4. The Morgan fingerprint density at radius 2 is 2.40 bits per heavy atom. The molecular weight excluding hydrogens is 258 g/mol. The van der Waals surface area contributed by atoms with Crippen LogP contribution in [0.15, 0.2) is 16.5 Å². The average Bonchev–Trinajstić information content (AvgIpc) is 3.01. The molecule has 1 N–H and O–H groups in total. The van der Waals surface area contributed by atoms with Crippen LogP contribution in [0.1, 0.15) is 42.5 Å². The van der Waals surface area contributed by atoms with Crippen LogP contribution in [0.2, 0.25) is 0 Å². The van der Waals surface area contributed by atoms with Gasteiger partial charge in [-0.1, -0.05) is 6.42 Å². The average molecular weight is 275 g/mol. The third kappa shape index (κ3) is 2.56. The fourth-order valence-electron chi connectivity index (χ4n) is 2.49. The number of hydrogen-bond acceptors (Lipinski definition) is 5. The molecular formula is C13H17N5O2. The summed E-state index contributed by atoms with van der Waals surface area (Å²) in [4.78, 5) is 12.3. The van der Waals surface area contributed by atoms with Crippen molar-refractivity contribution in [1.82, 2.24) is 25.5 Å². The second-order valence-electron chi connectivity index (χ2n) is 5.04. The normalized spacial score (nSPS) is 18.4. The smallest absolute Gasteiger partial charge is 0.231 e. The molecule has 0 aliphatic carbocycles. The minimum atomic E-state index is -0.274. The third-order valence-corrected chi connectivity index (χ3v) is 3.53. The lowest BCUT2D eigenvalue weighted by Gasteiger charge is -2.12. The molecule has 7 nitrogen and oxygen atoms in total. The molecule has 20 heavy (non-hydrogen) atoms. The van der Waals surface area contributed by atoms with E-state index >= 15 is 0 Å². The number of furan rings is 1. The van der Waals surface area contributed by atoms with Gasteiger partial charge in [-0.05, 0) is 42.3 Å². The third-order valence-electron chi connectivity index (χ3n) is 3.53. The van der Waals surface area contributed by atoms with Gasteiger partial charge in [0.2, 0.25) is 5.91 Å². The molecule has 3 heterocycles. The fraction of sp³-hybridized carbons (Fsp3) is 0.538. The second kappa shape index (κ2) is 5.44. The molecule has 1 aliphatic heterocycles. The summed E-state index contributed by atoms with van der Waals surface area (Å²) in [6.45, 7) is 3.05. The van der Waals surface area contributed by atoms with Crippen LogP contribution in [0.4, 0.5) is 0 Å². The Bertz CT molecular complexity index is 603. The van der Waals surface area contributed by atoms with Gasteiger partial charge in [-0.2, -0.15) is 0 Å². The van der Waals surface area contributed by atoms with Crippen molar-refractivity contribution in [2.75, 3.05) is 0 Å². The van der Waals surface area contributed by atoms with Crippen molar-refractivity contribution in [2.24, 2.45) is 0 Å². The van der Waals surface area contributed by atoms with Crippen molar-refractivity contribution in [1.29, 1.82) is 0 Å². The Hall–Kier alpha value is -2.18. The highest BCUT2D eigenvalue weighted by Gasteiger charge is 2.28. The second-order valence-corrected chi connectivity index (χ2v) is 5.04. The maximum absolute atomic E-state index is 12.3. The van der Waals surface area contributed by atoms with Gasteiger partial charge in [-0.3, -0.25) is 4.79 Å². The molecule has 1 atom stereocenters. The molecule has 7 heteroatoms. The van der Waals surface area contributed by atoms with Gasteiger partial charge in [-0.15, -0.1) is 5.10 Å². The van der Waals surface area contributed by atoms with Gasteiger partial charge in [0.15, 0.2) is 5.82 Å². The first-order valence-corrected chi connectivity index (χ1v) is 6.83. The highest BCUT2D eigenvalue weighted by molar-refractivity contribution is 5.82. The van der Waals surface area contributed by atoms with Gasteiger partial charge in [-0.25, -0.2) is 4.68 Å². The number of carbonyl (C=O) groups excluding carboxylic acids is 1. The van der Waals surface area contributed by atoms with E-state index < -0.39 is 0 Å². The van der Waals surface area contributed by atoms with E-state index in [4.69, 9.17) is 4.42 Å². The van der Waals surface area contributed by atoms with E-state index in [9.17, 15) is 4.79 Å². The lowest BCUT2D eigenvalue weighted by molar-refractivity contribution is -0.123. The van der Waals surface area contributed by atoms with Crippen LogP contribution in [0, 0.1) is 6.92 Å². The molecule has 0 saturated heterocycles. The van der Waals surface area contributed by atoms with Crippen molar-refractivity contribution in [3.8, 4) is 0 Å². The van der Waals surface area contributed by atoms with Crippen LogP contribution in [0.3, 0.4) is 0 Å². The summed E-state index contributed by atoms with van der Waals surface area (Å²) in [5, 5.41) is 14.5. The number of aryl methyl sites for hydroxylation is 2. The first-order valence-electron chi connectivity index (χ1n) is 6.83. The maximum atomic E-state index is 12.3. The van der Waals surface area contributed by atoms with Crippen LogP contribution in [0.25, 0.3) is 0 Å². The van der Waals surface area contributed by atoms with Crippen LogP contribution >= 0.6 is 0 Å². The molecule has 106 valence electrons. The van der Waals surface area contributed by atoms with Crippen molar-refractivity contribution >= 4 is 5.91 Å². The summed E-state index contributed by atoms with van der Waals surface area (Å²) in [5.41, 5.74) is 0. The number of carbonyl (C=O) groups is 1. The minimum absolute atomic E-state index is 0.0444. The fourth-order valence-corrected chi connectivity index (χ4v) is 2.49. The Labute approximate surface area is 116 Å². The van der Waals surface area contributed by atoms with Gasteiger partial charge in [0.1, 0.15) is 11.5 Å². The number of hydrogen-bond donors (Lipinski definition) is 1. The van der Waals surface area contributed by atoms with Gasteiger partial charge < -0.3 is 9.73 Å². The summed E-state index contributed by atoms with van der Waals surface area (Å²) in [6, 6.07) is 3.75. The van der Waals surface area contributed by atoms with Gasteiger partial charge >= 0.3 is 0 Å². The van der Waals surface area contributed by atoms with Crippen LogP contribution in [-0.4, -0.2) is 26.1 Å². The van der Waals surface area contributed by atoms with Crippen LogP contribution in [-0.2, 0) is 17.9 Å². The van der Waals surface area contributed by atoms with E-state index in [0.717, 1.165) is 37.3 Å². The predicted octanol–water partition coefficient (Wildman–Crippen LogP) is 1.16. The minimum Gasteiger partial charge on any atom is -0.465 e. The predicted molar refractivity (Wildman–Crippen MR) is 69.7 cm³/mol. The number of aromatic nitrogens is 4. The molecule has 0 radical (unpaired) electrons. The lowest BCUT2D eigenvalue weighted by Crippen LogP contribution is -2.30. The molecule has 0 unspecified atom stereocenters. The van der Waals surface area contributed by atoms with E-state index in [1.165, 1.54) is 0 Å². The summed E-state index contributed by atoms with van der Waals surface area (Å²) in [6.07, 6.45) is 2.77. The maximum Gasteiger partial charge on any atom is 0.231 e. The van der Waals surface area contributed by atoms with Crippen LogP contribution < -0.4 is 5.32 Å². The van der Waals surface area contributed by atoms with E-state index in [1.54, 1.807) is 4.68 Å². The Morgan fingerprint density at radius 3 is 3.20 bits per heavy atom. The summed E-state index contributed by atoms with van der Waals surface area (Å²) in [5.74, 6) is 1.94. The van der Waals surface area contributed by atoms with Crippen molar-refractivity contribution in [3.63, 3.8) is 0 Å². The Kier molecular flexibility index (Phi) is 3.49. The van der Waals surface area contributed by atoms with E-state index in [-0.39, 0.29) is 11.8 Å². The number of amides is 1. The molecule has 0 aromatic carbocycles. The molecule has 1 amide bonds. The number of rotatable bonds is 3. The standard InChI is InChI=1S/C13H17N5O2/c1-9-5-6-10(20-9)8-14-13(19)11-4-2-3-7-18-12(11)15-16-17-18/h5-6,11H,2-4,7-8H2,1H3,(H,14,19)/t11-/m1/s1. The molecule has 3 rings (SSSR count). The number of nitrogens with one attached hydrogen (secondary N) is 1. The lowest BCUT2D eigenvalue weighted by atomic mass is 10.0. The Morgan fingerprint density at radius 1 is 1.50 bits per heavy atom. The zero-order valence-corrected chi connectivity index (χ0v) is 11.4. The molecule has 2 aromatic rings. The van der Waals surface area contributed by atoms with Crippen molar-refractivity contribution < 1.29 is 9.21 Å². The summed E-state index contributed by atoms with van der Waals surface area (Å²) < 4.78 is 7.17. The van der Waals surface area contributed by atoms with Crippen molar-refractivity contribution in [3.05, 3.63) is 29.5 Å². The highest BCUT2D eigenvalue weighted by atomic mass is 16.3. The zero-order chi connectivity index (χ0) is 13.9. The quantitative estimate of drug-likeness (QED) is 0.908. The highest BCUT2D eigenvalue weighted by Crippen LogP contribution is 2.24. The first-order chi connectivity index (χ1) is 9.74. The zero-order valence-electron chi connectivity index (χ0n) is 11.4.